The largest absolute Gasteiger partial charge is 0.481 e. The zero-order chi connectivity index (χ0) is 41.1. The predicted octanol–water partition coefficient (Wildman–Crippen LogP) is 2.83. The van der Waals surface area contributed by atoms with Gasteiger partial charge in [-0.1, -0.05) is 53.2 Å². The van der Waals surface area contributed by atoms with Crippen molar-refractivity contribution in [3.8, 4) is 0 Å². The molecule has 0 unspecified atom stereocenters. The van der Waals surface area contributed by atoms with Crippen molar-refractivity contribution >= 4 is 11.9 Å². The Kier molecular flexibility index (Phi) is 11.0. The van der Waals surface area contributed by atoms with Gasteiger partial charge in [0.1, 0.15) is 42.7 Å². The van der Waals surface area contributed by atoms with Gasteiger partial charge in [-0.3, -0.25) is 9.59 Å². The predicted molar refractivity (Wildman–Crippen MR) is 198 cm³/mol. The Morgan fingerprint density at radius 1 is 0.750 bits per heavy atom. The van der Waals surface area contributed by atoms with Crippen molar-refractivity contribution in [2.75, 3.05) is 6.61 Å². The molecule has 14 heteroatoms. The van der Waals surface area contributed by atoms with E-state index < -0.39 is 102 Å². The first kappa shape index (κ1) is 42.4. The van der Waals surface area contributed by atoms with Crippen molar-refractivity contribution in [1.29, 1.82) is 0 Å². The van der Waals surface area contributed by atoms with Crippen LogP contribution < -0.4 is 0 Å². The van der Waals surface area contributed by atoms with Gasteiger partial charge >= 0.3 is 11.9 Å². The molecule has 14 nitrogen and oxygen atoms in total. The molecule has 7 aliphatic rings. The maximum atomic E-state index is 13.9. The molecule has 0 amide bonds. The Bertz CT molecular complexity index is 1550. The standard InChI is InChI=1S/C42H66O14/c1-19-10-15-41(36(49)50)16-17-42(37(51)52)22(27(41)20(19)2)8-9-25-39(6)13-12-26(38(4,5)24(39)11-14-40(25,42)7)55-34-32(48)30(46)33(21(3)53-34)56-35-31(47)29(45)28(44)23(18-43)54-35/h8,19-21,23-35,43-48H,9-18H2,1-7H3,(H,49,50)(H,51,52)/t19-,20+,21+,23-,24+,25-,26+,27+,28-,29+,30+,31-,32-,33-,34+,35+,39+,40-,41+,42-/m1/s1. The van der Waals surface area contributed by atoms with Gasteiger partial charge in [0.05, 0.1) is 29.6 Å². The van der Waals surface area contributed by atoms with E-state index in [1.54, 1.807) is 6.92 Å². The van der Waals surface area contributed by atoms with Crippen LogP contribution in [0.2, 0.25) is 0 Å². The summed E-state index contributed by atoms with van der Waals surface area (Å²) in [5, 5.41) is 85.2. The van der Waals surface area contributed by atoms with Gasteiger partial charge in [0, 0.05) is 0 Å². The van der Waals surface area contributed by atoms with Crippen molar-refractivity contribution in [1.82, 2.24) is 0 Å². The number of fused-ring (bicyclic) bond motifs is 7. The summed E-state index contributed by atoms with van der Waals surface area (Å²) in [7, 11) is 0. The third kappa shape index (κ3) is 5.85. The average Bonchev–Trinajstić information content (AvgIpc) is 3.14. The third-order valence-electron chi connectivity index (χ3n) is 17.4. The van der Waals surface area contributed by atoms with Gasteiger partial charge < -0.3 is 59.8 Å². The molecule has 20 atom stereocenters. The maximum absolute atomic E-state index is 13.9. The SMILES string of the molecule is C[C@H]1[C@H](C)CC[C@]2(C(=O)O)CC[C@]3(C(=O)O)C(=CC[C@@H]4[C@@]5(C)CC[C@H](O[C@@H]6O[C@@H](C)[C@@H](O[C@@H]7O[C@H](CO)[C@@H](O)[C@H](O)[C@H]7O)[C@@H](O)[C@H]6O)C(C)(C)[C@@H]5CC[C@]43C)[C@H]12. The van der Waals surface area contributed by atoms with Crippen molar-refractivity contribution < 1.29 is 69.4 Å². The second kappa shape index (κ2) is 14.5. The number of aliphatic hydroxyl groups is 6. The molecule has 2 heterocycles. The van der Waals surface area contributed by atoms with Crippen LogP contribution in [0.3, 0.4) is 0 Å². The molecule has 8 N–H and O–H groups in total. The van der Waals surface area contributed by atoms with Gasteiger partial charge in [-0.25, -0.2) is 0 Å². The van der Waals surface area contributed by atoms with Crippen molar-refractivity contribution in [2.45, 2.75) is 174 Å². The van der Waals surface area contributed by atoms with E-state index in [1.807, 2.05) is 0 Å². The number of carboxylic acid groups (broad SMARTS) is 2. The Hall–Kier alpha value is -1.72. The number of carboxylic acids is 2. The molecule has 5 aliphatic carbocycles. The van der Waals surface area contributed by atoms with E-state index in [0.29, 0.717) is 44.4 Å². The molecule has 0 spiro atoms. The molecule has 56 heavy (non-hydrogen) atoms. The van der Waals surface area contributed by atoms with E-state index in [-0.39, 0.29) is 35.2 Å². The van der Waals surface area contributed by atoms with Crippen LogP contribution in [0.5, 0.6) is 0 Å². The lowest BCUT2D eigenvalue weighted by molar-refractivity contribution is -0.364. The fraction of sp³-hybridized carbons (Fsp3) is 0.905. The molecule has 2 saturated heterocycles. The monoisotopic (exact) mass is 794 g/mol. The van der Waals surface area contributed by atoms with E-state index in [2.05, 4.69) is 47.6 Å². The normalized spacial score (nSPS) is 54.1. The summed E-state index contributed by atoms with van der Waals surface area (Å²) >= 11 is 0. The highest BCUT2D eigenvalue weighted by Crippen LogP contribution is 2.76. The Morgan fingerprint density at radius 2 is 1.41 bits per heavy atom. The van der Waals surface area contributed by atoms with E-state index in [0.717, 1.165) is 24.8 Å². The van der Waals surface area contributed by atoms with Gasteiger partial charge in [0.2, 0.25) is 0 Å². The first-order valence-corrected chi connectivity index (χ1v) is 20.9. The molecule has 0 aromatic heterocycles. The minimum absolute atomic E-state index is 0.0289. The lowest BCUT2D eigenvalue weighted by Crippen LogP contribution is -2.68. The van der Waals surface area contributed by atoms with Crippen molar-refractivity contribution in [3.05, 3.63) is 11.6 Å². The van der Waals surface area contributed by atoms with Crippen LogP contribution in [0, 0.1) is 56.7 Å². The summed E-state index contributed by atoms with van der Waals surface area (Å²) < 4.78 is 24.0. The zero-order valence-corrected chi connectivity index (χ0v) is 33.9. The van der Waals surface area contributed by atoms with Gasteiger partial charge in [0.15, 0.2) is 12.6 Å². The highest BCUT2D eigenvalue weighted by atomic mass is 16.7. The van der Waals surface area contributed by atoms with Crippen LogP contribution in [0.25, 0.3) is 0 Å². The number of carbonyl (C=O) groups is 2. The molecule has 7 rings (SSSR count). The summed E-state index contributed by atoms with van der Waals surface area (Å²) in [6.45, 7) is 14.1. The smallest absolute Gasteiger partial charge is 0.314 e. The highest BCUT2D eigenvalue weighted by Gasteiger charge is 2.73. The molecule has 318 valence electrons. The number of hydrogen-bond acceptors (Lipinski definition) is 12. The minimum atomic E-state index is -1.69. The summed E-state index contributed by atoms with van der Waals surface area (Å²) in [6, 6.07) is 0. The van der Waals surface area contributed by atoms with Gasteiger partial charge in [0.25, 0.3) is 0 Å². The van der Waals surface area contributed by atoms with Crippen LogP contribution >= 0.6 is 0 Å². The molecule has 0 aromatic rings. The molecular formula is C42H66O14. The molecule has 6 fully saturated rings. The van der Waals surface area contributed by atoms with Crippen molar-refractivity contribution in [2.24, 2.45) is 56.7 Å². The molecule has 4 saturated carbocycles. The molecule has 2 aliphatic heterocycles. The minimum Gasteiger partial charge on any atom is -0.481 e. The number of ether oxygens (including phenoxy) is 4. The summed E-state index contributed by atoms with van der Waals surface area (Å²) in [6.07, 6.45) is -6.76. The Balaban J connectivity index is 1.11. The fourth-order valence-electron chi connectivity index (χ4n) is 14.0. The first-order valence-electron chi connectivity index (χ1n) is 20.9. The van der Waals surface area contributed by atoms with E-state index in [1.165, 1.54) is 0 Å². The lowest BCUT2D eigenvalue weighted by atomic mass is 9.33. The molecular weight excluding hydrogens is 728 g/mol. The number of rotatable bonds is 7. The summed E-state index contributed by atoms with van der Waals surface area (Å²) in [5.41, 5.74) is -2.55. The number of aliphatic hydroxyl groups excluding tert-OH is 6. The Morgan fingerprint density at radius 3 is 2.05 bits per heavy atom. The topological polar surface area (TPSA) is 233 Å². The highest BCUT2D eigenvalue weighted by molar-refractivity contribution is 5.84. The number of aliphatic carboxylic acids is 2. The van der Waals surface area contributed by atoms with E-state index in [4.69, 9.17) is 18.9 Å². The lowest BCUT2D eigenvalue weighted by Gasteiger charge is -2.70. The van der Waals surface area contributed by atoms with Gasteiger partial charge in [-0.2, -0.15) is 0 Å². The number of hydrogen-bond donors (Lipinski definition) is 8. The van der Waals surface area contributed by atoms with Crippen molar-refractivity contribution in [3.63, 3.8) is 0 Å². The second-order valence-corrected chi connectivity index (χ2v) is 20.0. The summed E-state index contributed by atoms with van der Waals surface area (Å²) in [5.74, 6) is -1.45. The van der Waals surface area contributed by atoms with Crippen LogP contribution in [-0.4, -0.2) is 127 Å². The molecule has 0 aromatic carbocycles. The maximum Gasteiger partial charge on any atom is 0.314 e. The third-order valence-corrected chi connectivity index (χ3v) is 17.4. The number of allylic oxidation sites excluding steroid dienone is 1. The quantitative estimate of drug-likeness (QED) is 0.137. The van der Waals surface area contributed by atoms with Crippen LogP contribution in [-0.2, 0) is 28.5 Å². The average molecular weight is 795 g/mol. The molecule has 0 bridgehead atoms. The summed E-state index contributed by atoms with van der Waals surface area (Å²) in [4.78, 5) is 27.0. The van der Waals surface area contributed by atoms with Crippen LogP contribution in [0.15, 0.2) is 11.6 Å². The van der Waals surface area contributed by atoms with Gasteiger partial charge in [-0.15, -0.1) is 0 Å². The fourth-order valence-corrected chi connectivity index (χ4v) is 14.0. The van der Waals surface area contributed by atoms with Crippen LogP contribution in [0.1, 0.15) is 106 Å². The second-order valence-electron chi connectivity index (χ2n) is 20.0. The Labute approximate surface area is 329 Å². The van der Waals surface area contributed by atoms with Gasteiger partial charge in [-0.05, 0) is 111 Å². The zero-order valence-electron chi connectivity index (χ0n) is 33.9. The van der Waals surface area contributed by atoms with Crippen LogP contribution in [0.4, 0.5) is 0 Å². The first-order chi connectivity index (χ1) is 26.1. The van der Waals surface area contributed by atoms with E-state index >= 15 is 0 Å². The molecule has 0 radical (unpaired) electrons. The van der Waals surface area contributed by atoms with E-state index in [9.17, 15) is 50.4 Å².